The van der Waals surface area contributed by atoms with E-state index in [0.717, 1.165) is 19.3 Å². The summed E-state index contributed by atoms with van der Waals surface area (Å²) < 4.78 is 10.2. The third-order valence-electron chi connectivity index (χ3n) is 2.85. The molecule has 0 aliphatic heterocycles. The number of hydrogen-bond acceptors (Lipinski definition) is 6. The molecular weight excluding hydrogens is 298 g/mol. The molecule has 0 atom stereocenters. The second-order valence-electron chi connectivity index (χ2n) is 5.30. The molecular formula is C17H29NO5. The summed E-state index contributed by atoms with van der Waals surface area (Å²) >= 11 is 0. The summed E-state index contributed by atoms with van der Waals surface area (Å²) in [5.74, 6) is -1.37. The maximum Gasteiger partial charge on any atom is 0.345 e. The van der Waals surface area contributed by atoms with Crippen LogP contribution in [0.5, 0.6) is 0 Å². The van der Waals surface area contributed by atoms with E-state index < -0.39 is 11.9 Å². The number of unbranched alkanes of at least 4 members (excludes halogenated alkanes) is 3. The highest BCUT2D eigenvalue weighted by atomic mass is 16.6. The fourth-order valence-corrected chi connectivity index (χ4v) is 1.58. The van der Waals surface area contributed by atoms with Crippen LogP contribution in [0.3, 0.4) is 0 Å². The highest BCUT2D eigenvalue weighted by molar-refractivity contribution is 6.14. The van der Waals surface area contributed by atoms with Crippen molar-refractivity contribution in [2.75, 3.05) is 33.9 Å². The van der Waals surface area contributed by atoms with Crippen LogP contribution in [0, 0.1) is 0 Å². The van der Waals surface area contributed by atoms with Crippen molar-refractivity contribution >= 4 is 11.9 Å². The molecule has 132 valence electrons. The highest BCUT2D eigenvalue weighted by Gasteiger charge is 2.20. The fraction of sp³-hybridized carbons (Fsp3) is 0.647. The lowest BCUT2D eigenvalue weighted by molar-refractivity contribution is -0.147. The number of esters is 2. The van der Waals surface area contributed by atoms with Gasteiger partial charge in [0.05, 0.1) is 13.2 Å². The quantitative estimate of drug-likeness (QED) is 0.148. The SMILES string of the molecule is CCCCCOC(=O)/C(=C/C=C/N(C)C)C(=O)OCCCCO. The maximum atomic E-state index is 12.0. The molecule has 0 spiro atoms. The first-order valence-corrected chi connectivity index (χ1v) is 8.03. The molecule has 0 amide bonds. The molecule has 0 heterocycles. The van der Waals surface area contributed by atoms with Crippen molar-refractivity contribution in [3.63, 3.8) is 0 Å². The number of aliphatic hydroxyl groups excluding tert-OH is 1. The van der Waals surface area contributed by atoms with Crippen molar-refractivity contribution in [3.8, 4) is 0 Å². The smallest absolute Gasteiger partial charge is 0.345 e. The minimum atomic E-state index is -0.702. The van der Waals surface area contributed by atoms with Crippen LogP contribution >= 0.6 is 0 Å². The molecule has 0 aliphatic carbocycles. The Kier molecular flexibility index (Phi) is 12.7. The second kappa shape index (κ2) is 13.8. The first-order valence-electron chi connectivity index (χ1n) is 8.03. The number of carbonyl (C=O) groups is 2. The van der Waals surface area contributed by atoms with Gasteiger partial charge in [0.2, 0.25) is 0 Å². The minimum Gasteiger partial charge on any atom is -0.462 e. The Bertz CT molecular complexity index is 376. The lowest BCUT2D eigenvalue weighted by atomic mass is 10.2. The Balaban J connectivity index is 4.66. The summed E-state index contributed by atoms with van der Waals surface area (Å²) in [4.78, 5) is 25.8. The number of hydrogen-bond donors (Lipinski definition) is 1. The van der Waals surface area contributed by atoms with Gasteiger partial charge in [0.25, 0.3) is 0 Å². The molecule has 0 aromatic rings. The zero-order valence-electron chi connectivity index (χ0n) is 14.4. The van der Waals surface area contributed by atoms with Crippen LogP contribution < -0.4 is 0 Å². The standard InChI is InChI=1S/C17H29NO5/c1-4-5-7-13-22-16(20)15(10-9-11-18(2)3)17(21)23-14-8-6-12-19/h9-11,19H,4-8,12-14H2,1-3H3/b11-9+,15-10-. The summed E-state index contributed by atoms with van der Waals surface area (Å²) in [5, 5.41) is 8.70. The van der Waals surface area contributed by atoms with Crippen molar-refractivity contribution in [1.82, 2.24) is 4.90 Å². The van der Waals surface area contributed by atoms with E-state index in [1.165, 1.54) is 6.08 Å². The molecule has 0 rings (SSSR count). The third-order valence-corrected chi connectivity index (χ3v) is 2.85. The Morgan fingerprint density at radius 3 is 2.04 bits per heavy atom. The molecule has 23 heavy (non-hydrogen) atoms. The van der Waals surface area contributed by atoms with Crippen LogP contribution in [-0.2, 0) is 19.1 Å². The zero-order valence-corrected chi connectivity index (χ0v) is 14.4. The van der Waals surface area contributed by atoms with E-state index in [4.69, 9.17) is 14.6 Å². The second-order valence-corrected chi connectivity index (χ2v) is 5.30. The molecule has 0 bridgehead atoms. The molecule has 1 N–H and O–H groups in total. The van der Waals surface area contributed by atoms with Crippen LogP contribution in [0.4, 0.5) is 0 Å². The zero-order chi connectivity index (χ0) is 17.5. The number of allylic oxidation sites excluding steroid dienone is 2. The summed E-state index contributed by atoms with van der Waals surface area (Å²) in [6.45, 7) is 2.56. The third kappa shape index (κ3) is 11.4. The molecule has 0 unspecified atom stereocenters. The summed E-state index contributed by atoms with van der Waals surface area (Å²) in [6, 6.07) is 0. The molecule has 0 saturated heterocycles. The van der Waals surface area contributed by atoms with E-state index in [-0.39, 0.29) is 18.8 Å². The van der Waals surface area contributed by atoms with E-state index in [2.05, 4.69) is 6.92 Å². The Hall–Kier alpha value is -1.82. The van der Waals surface area contributed by atoms with Crippen molar-refractivity contribution in [3.05, 3.63) is 23.9 Å². The van der Waals surface area contributed by atoms with Crippen molar-refractivity contribution < 1.29 is 24.2 Å². The normalized spacial score (nSPS) is 11.6. The van der Waals surface area contributed by atoms with Gasteiger partial charge in [0.15, 0.2) is 0 Å². The van der Waals surface area contributed by atoms with E-state index in [9.17, 15) is 9.59 Å². The van der Waals surface area contributed by atoms with Crippen molar-refractivity contribution in [1.29, 1.82) is 0 Å². The Morgan fingerprint density at radius 1 is 1.00 bits per heavy atom. The van der Waals surface area contributed by atoms with Crippen molar-refractivity contribution in [2.24, 2.45) is 0 Å². The van der Waals surface area contributed by atoms with Gasteiger partial charge < -0.3 is 19.5 Å². The van der Waals surface area contributed by atoms with Crippen LogP contribution in [0.1, 0.15) is 39.0 Å². The van der Waals surface area contributed by atoms with Crippen LogP contribution in [0.2, 0.25) is 0 Å². The average Bonchev–Trinajstić information content (AvgIpc) is 2.51. The van der Waals surface area contributed by atoms with E-state index in [1.807, 2.05) is 14.1 Å². The molecule has 6 heteroatoms. The molecule has 0 saturated carbocycles. The predicted molar refractivity (Wildman–Crippen MR) is 88.7 cm³/mol. The Labute approximate surface area is 138 Å². The van der Waals surface area contributed by atoms with Gasteiger partial charge in [-0.2, -0.15) is 0 Å². The topological polar surface area (TPSA) is 76.1 Å². The van der Waals surface area contributed by atoms with Crippen molar-refractivity contribution in [2.45, 2.75) is 39.0 Å². The predicted octanol–water partition coefficient (Wildman–Crippen LogP) is 2.04. The van der Waals surface area contributed by atoms with Gasteiger partial charge >= 0.3 is 11.9 Å². The maximum absolute atomic E-state index is 12.0. The lowest BCUT2D eigenvalue weighted by Gasteiger charge is -2.08. The minimum absolute atomic E-state index is 0.0469. The van der Waals surface area contributed by atoms with Gasteiger partial charge in [-0.05, 0) is 37.6 Å². The molecule has 0 radical (unpaired) electrons. The summed E-state index contributed by atoms with van der Waals surface area (Å²) in [5.41, 5.74) is -0.122. The largest absolute Gasteiger partial charge is 0.462 e. The molecule has 0 aromatic carbocycles. The van der Waals surface area contributed by atoms with Crippen LogP contribution in [-0.4, -0.2) is 55.9 Å². The number of aliphatic hydroxyl groups is 1. The monoisotopic (exact) mass is 327 g/mol. The number of nitrogens with zero attached hydrogens (tertiary/aromatic N) is 1. The number of rotatable bonds is 12. The average molecular weight is 327 g/mol. The number of carbonyl (C=O) groups excluding carboxylic acids is 2. The van der Waals surface area contributed by atoms with Gasteiger partial charge in [-0.3, -0.25) is 0 Å². The lowest BCUT2D eigenvalue weighted by Crippen LogP contribution is -2.19. The van der Waals surface area contributed by atoms with E-state index in [0.29, 0.717) is 19.4 Å². The Morgan fingerprint density at radius 2 is 1.57 bits per heavy atom. The highest BCUT2D eigenvalue weighted by Crippen LogP contribution is 2.06. The van der Waals surface area contributed by atoms with Gasteiger partial charge in [-0.25, -0.2) is 9.59 Å². The van der Waals surface area contributed by atoms with Gasteiger partial charge in [0, 0.05) is 20.7 Å². The van der Waals surface area contributed by atoms with Gasteiger partial charge in [-0.15, -0.1) is 0 Å². The van der Waals surface area contributed by atoms with Gasteiger partial charge in [-0.1, -0.05) is 19.8 Å². The number of ether oxygens (including phenoxy) is 2. The molecule has 0 aromatic heterocycles. The van der Waals surface area contributed by atoms with Crippen LogP contribution in [0.15, 0.2) is 23.9 Å². The molecule has 0 aliphatic rings. The van der Waals surface area contributed by atoms with Gasteiger partial charge in [0.1, 0.15) is 5.57 Å². The summed E-state index contributed by atoms with van der Waals surface area (Å²) in [7, 11) is 3.67. The van der Waals surface area contributed by atoms with E-state index in [1.54, 1.807) is 17.2 Å². The summed E-state index contributed by atoms with van der Waals surface area (Å²) in [6.07, 6.45) is 8.58. The molecule has 0 fully saturated rings. The first kappa shape index (κ1) is 21.2. The van der Waals surface area contributed by atoms with E-state index >= 15 is 0 Å². The molecule has 6 nitrogen and oxygen atoms in total. The first-order chi connectivity index (χ1) is 11.0. The van der Waals surface area contributed by atoms with Crippen LogP contribution in [0.25, 0.3) is 0 Å². The fourth-order valence-electron chi connectivity index (χ4n) is 1.58.